The number of carboxylic acids is 1. The minimum Gasteiger partial charge on any atom is -0.479 e. The molecule has 34 heavy (non-hydrogen) atoms. The van der Waals surface area contributed by atoms with Gasteiger partial charge in [-0.2, -0.15) is 0 Å². The normalized spacial score (nSPS) is 12.6. The monoisotopic (exact) mass is 493 g/mol. The number of hydrogen-bond donors (Lipinski definition) is 1. The number of aromatic nitrogens is 1. The highest BCUT2D eigenvalue weighted by molar-refractivity contribution is 6.31. The van der Waals surface area contributed by atoms with Crippen LogP contribution in [-0.2, 0) is 9.53 Å². The van der Waals surface area contributed by atoms with Crippen LogP contribution in [0.1, 0.15) is 38.0 Å². The van der Waals surface area contributed by atoms with Crippen molar-refractivity contribution < 1.29 is 14.6 Å². The number of aliphatic carboxylic acids is 1. The van der Waals surface area contributed by atoms with Gasteiger partial charge in [0.25, 0.3) is 0 Å². The molecule has 0 aliphatic carbocycles. The van der Waals surface area contributed by atoms with Gasteiger partial charge in [-0.1, -0.05) is 53.5 Å². The van der Waals surface area contributed by atoms with E-state index in [1.54, 1.807) is 12.1 Å². The minimum absolute atomic E-state index is 0.603. The van der Waals surface area contributed by atoms with Crippen molar-refractivity contribution in [1.82, 2.24) is 4.98 Å². The first-order valence-electron chi connectivity index (χ1n) is 10.9. The van der Waals surface area contributed by atoms with Crippen LogP contribution in [0.25, 0.3) is 33.3 Å². The molecule has 1 atom stereocenters. The van der Waals surface area contributed by atoms with Crippen molar-refractivity contribution in [1.29, 1.82) is 0 Å². The number of halogens is 2. The molecule has 4 nitrogen and oxygen atoms in total. The molecular formula is C28H25Cl2NO3. The number of carboxylic acid groups (broad SMARTS) is 1. The van der Waals surface area contributed by atoms with E-state index in [1.165, 1.54) is 0 Å². The minimum atomic E-state index is -1.15. The zero-order valence-corrected chi connectivity index (χ0v) is 20.9. The van der Waals surface area contributed by atoms with Crippen LogP contribution in [0.2, 0.25) is 10.0 Å². The van der Waals surface area contributed by atoms with Gasteiger partial charge in [0.05, 0.1) is 16.8 Å². The summed E-state index contributed by atoms with van der Waals surface area (Å²) in [5.74, 6) is -1.04. The second-order valence-electron chi connectivity index (χ2n) is 9.21. The lowest BCUT2D eigenvalue weighted by molar-refractivity contribution is -0.160. The van der Waals surface area contributed by atoms with E-state index in [1.807, 2.05) is 82.3 Å². The number of aryl methyl sites for hydroxylation is 1. The van der Waals surface area contributed by atoms with E-state index >= 15 is 0 Å². The van der Waals surface area contributed by atoms with Crippen LogP contribution in [0.5, 0.6) is 0 Å². The van der Waals surface area contributed by atoms with Gasteiger partial charge >= 0.3 is 5.97 Å². The summed E-state index contributed by atoms with van der Waals surface area (Å²) in [5.41, 5.74) is 4.88. The van der Waals surface area contributed by atoms with Crippen molar-refractivity contribution in [2.75, 3.05) is 0 Å². The fourth-order valence-electron chi connectivity index (χ4n) is 4.05. The molecule has 0 fully saturated rings. The second kappa shape index (κ2) is 9.38. The molecule has 0 aliphatic rings. The van der Waals surface area contributed by atoms with Gasteiger partial charge < -0.3 is 9.84 Å². The van der Waals surface area contributed by atoms with E-state index in [0.717, 1.165) is 38.9 Å². The topological polar surface area (TPSA) is 59.4 Å². The van der Waals surface area contributed by atoms with Crippen molar-refractivity contribution >= 4 is 40.1 Å². The number of fused-ring (bicyclic) bond motifs is 1. The van der Waals surface area contributed by atoms with Gasteiger partial charge in [-0.15, -0.1) is 0 Å². The molecule has 4 rings (SSSR count). The van der Waals surface area contributed by atoms with Crippen LogP contribution in [0, 0.1) is 6.92 Å². The summed E-state index contributed by atoms with van der Waals surface area (Å²) in [6.07, 6.45) is -1.15. The Kier molecular flexibility index (Phi) is 6.68. The zero-order chi connectivity index (χ0) is 24.6. The second-order valence-corrected chi connectivity index (χ2v) is 10.1. The van der Waals surface area contributed by atoms with Gasteiger partial charge in [-0.25, -0.2) is 9.78 Å². The first-order valence-corrected chi connectivity index (χ1v) is 11.7. The maximum atomic E-state index is 12.4. The summed E-state index contributed by atoms with van der Waals surface area (Å²) in [6, 6.07) is 20.7. The van der Waals surface area contributed by atoms with E-state index in [-0.39, 0.29) is 0 Å². The van der Waals surface area contributed by atoms with Crippen molar-refractivity contribution in [2.24, 2.45) is 0 Å². The Morgan fingerprint density at radius 2 is 1.47 bits per heavy atom. The molecule has 1 heterocycles. The van der Waals surface area contributed by atoms with E-state index in [9.17, 15) is 9.90 Å². The number of pyridine rings is 1. The Hall–Kier alpha value is -2.92. The standard InChI is InChI=1S/C28H25Cl2NO3/c1-16-15-23-21(13-14-22(31-23)17-5-9-19(29)10-6-17)25(18-7-11-20(30)12-8-18)24(16)26(27(32)33)34-28(2,3)4/h5-15,26H,1-4H3,(H,32,33)/t26-/m0/s1. The molecule has 0 radical (unpaired) electrons. The van der Waals surface area contributed by atoms with Gasteiger partial charge in [0.1, 0.15) is 0 Å². The van der Waals surface area contributed by atoms with Crippen molar-refractivity contribution in [3.05, 3.63) is 87.9 Å². The van der Waals surface area contributed by atoms with Crippen molar-refractivity contribution in [2.45, 2.75) is 39.4 Å². The van der Waals surface area contributed by atoms with E-state index in [0.29, 0.717) is 15.6 Å². The summed E-state index contributed by atoms with van der Waals surface area (Å²) < 4.78 is 6.05. The molecule has 0 aliphatic heterocycles. The first kappa shape index (κ1) is 24.2. The van der Waals surface area contributed by atoms with Gasteiger partial charge in [-0.05, 0) is 80.8 Å². The number of carbonyl (C=O) groups is 1. The summed E-state index contributed by atoms with van der Waals surface area (Å²) in [7, 11) is 0. The van der Waals surface area contributed by atoms with Gasteiger partial charge in [0.2, 0.25) is 0 Å². The fraction of sp³-hybridized carbons (Fsp3) is 0.214. The number of benzene rings is 3. The summed E-state index contributed by atoms with van der Waals surface area (Å²) in [6.45, 7) is 7.44. The van der Waals surface area contributed by atoms with Crippen LogP contribution in [-0.4, -0.2) is 21.7 Å². The van der Waals surface area contributed by atoms with Crippen LogP contribution >= 0.6 is 23.2 Å². The third kappa shape index (κ3) is 5.10. The summed E-state index contributed by atoms with van der Waals surface area (Å²) in [5, 5.41) is 12.2. The molecule has 174 valence electrons. The number of rotatable bonds is 5. The smallest absolute Gasteiger partial charge is 0.337 e. The Morgan fingerprint density at radius 3 is 2.00 bits per heavy atom. The van der Waals surface area contributed by atoms with Crippen LogP contribution in [0.3, 0.4) is 0 Å². The zero-order valence-electron chi connectivity index (χ0n) is 19.4. The largest absolute Gasteiger partial charge is 0.479 e. The van der Waals surface area contributed by atoms with E-state index < -0.39 is 17.7 Å². The predicted octanol–water partition coefficient (Wildman–Crippen LogP) is 8.12. The molecule has 0 amide bonds. The highest BCUT2D eigenvalue weighted by Gasteiger charge is 2.31. The molecule has 0 unspecified atom stereocenters. The molecule has 0 spiro atoms. The Balaban J connectivity index is 2.01. The quantitative estimate of drug-likeness (QED) is 0.304. The Bertz CT molecular complexity index is 1360. The van der Waals surface area contributed by atoms with Crippen molar-refractivity contribution in [3.63, 3.8) is 0 Å². The van der Waals surface area contributed by atoms with E-state index in [2.05, 4.69) is 0 Å². The summed E-state index contributed by atoms with van der Waals surface area (Å²) >= 11 is 12.2. The third-order valence-corrected chi connectivity index (χ3v) is 5.98. The first-order chi connectivity index (χ1) is 16.0. The molecule has 6 heteroatoms. The fourth-order valence-corrected chi connectivity index (χ4v) is 4.31. The molecule has 0 bridgehead atoms. The lowest BCUT2D eigenvalue weighted by atomic mass is 9.88. The average molecular weight is 494 g/mol. The maximum Gasteiger partial charge on any atom is 0.337 e. The number of ether oxygens (including phenoxy) is 1. The maximum absolute atomic E-state index is 12.4. The van der Waals surface area contributed by atoms with Crippen LogP contribution < -0.4 is 0 Å². The van der Waals surface area contributed by atoms with Gasteiger partial charge in [0.15, 0.2) is 6.10 Å². The number of hydrogen-bond acceptors (Lipinski definition) is 3. The lowest BCUT2D eigenvalue weighted by Crippen LogP contribution is -2.28. The lowest BCUT2D eigenvalue weighted by Gasteiger charge is -2.28. The molecular weight excluding hydrogens is 469 g/mol. The van der Waals surface area contributed by atoms with Crippen LogP contribution in [0.4, 0.5) is 0 Å². The molecule has 3 aromatic carbocycles. The van der Waals surface area contributed by atoms with E-state index in [4.69, 9.17) is 32.9 Å². The molecule has 0 saturated heterocycles. The van der Waals surface area contributed by atoms with Gasteiger partial charge in [-0.3, -0.25) is 0 Å². The SMILES string of the molecule is Cc1cc2nc(-c3ccc(Cl)cc3)ccc2c(-c2ccc(Cl)cc2)c1[C@H](OC(C)(C)C)C(=O)O. The number of nitrogens with zero attached hydrogens (tertiary/aromatic N) is 1. The molecule has 0 saturated carbocycles. The third-order valence-electron chi connectivity index (χ3n) is 5.47. The highest BCUT2D eigenvalue weighted by Crippen LogP contribution is 2.41. The molecule has 4 aromatic rings. The Labute approximate surface area is 209 Å². The van der Waals surface area contributed by atoms with Crippen molar-refractivity contribution in [3.8, 4) is 22.4 Å². The molecule has 1 aromatic heterocycles. The van der Waals surface area contributed by atoms with Gasteiger partial charge in [0, 0.05) is 26.6 Å². The Morgan fingerprint density at radius 1 is 0.912 bits per heavy atom. The summed E-state index contributed by atoms with van der Waals surface area (Å²) in [4.78, 5) is 17.3. The highest BCUT2D eigenvalue weighted by atomic mass is 35.5. The van der Waals surface area contributed by atoms with Crippen LogP contribution in [0.15, 0.2) is 66.7 Å². The predicted molar refractivity (Wildman–Crippen MR) is 139 cm³/mol. The molecule has 1 N–H and O–H groups in total. The average Bonchev–Trinajstić information content (AvgIpc) is 2.77.